The van der Waals surface area contributed by atoms with Crippen LogP contribution in [0.5, 0.6) is 0 Å². The fraction of sp³-hybridized carbons (Fsp3) is 0.250. The topological polar surface area (TPSA) is 42.4 Å². The average molecular weight is 437 g/mol. The number of hydrogen-bond acceptors (Lipinski definition) is 4. The number of hydrogen-bond donors (Lipinski definition) is 0. The van der Waals surface area contributed by atoms with E-state index in [9.17, 15) is 4.79 Å². The number of amides is 1. The molecule has 152 valence electrons. The van der Waals surface area contributed by atoms with E-state index in [1.165, 1.54) is 16.7 Å². The van der Waals surface area contributed by atoms with Crippen LogP contribution in [0.25, 0.3) is 21.0 Å². The highest BCUT2D eigenvalue weighted by molar-refractivity contribution is 7.22. The maximum absolute atomic E-state index is 13.4. The Labute approximate surface area is 184 Å². The molecule has 1 aliphatic rings. The second-order valence-electron chi connectivity index (χ2n) is 7.61. The lowest BCUT2D eigenvalue weighted by Gasteiger charge is -2.23. The molecule has 4 aromatic rings. The Bertz CT molecular complexity index is 1220. The first-order valence-corrected chi connectivity index (χ1v) is 11.3. The second kappa shape index (κ2) is 8.34. The Morgan fingerprint density at radius 2 is 2.00 bits per heavy atom. The number of benzene rings is 3. The normalized spacial score (nSPS) is 16.4. The quantitative estimate of drug-likeness (QED) is 0.393. The molecule has 4 nitrogen and oxygen atoms in total. The number of thiazole rings is 1. The van der Waals surface area contributed by atoms with Crippen LogP contribution in [0.1, 0.15) is 18.4 Å². The number of ether oxygens (including phenoxy) is 1. The predicted octanol–water partition coefficient (Wildman–Crippen LogP) is 5.86. The summed E-state index contributed by atoms with van der Waals surface area (Å²) < 4.78 is 6.80. The van der Waals surface area contributed by atoms with Gasteiger partial charge in [-0.05, 0) is 47.4 Å². The van der Waals surface area contributed by atoms with Gasteiger partial charge in [0.25, 0.3) is 0 Å². The first-order chi connectivity index (χ1) is 14.7. The van der Waals surface area contributed by atoms with Gasteiger partial charge in [0, 0.05) is 11.6 Å². The molecule has 0 radical (unpaired) electrons. The van der Waals surface area contributed by atoms with E-state index in [0.717, 1.165) is 40.6 Å². The summed E-state index contributed by atoms with van der Waals surface area (Å²) in [5.41, 5.74) is 1.86. The van der Waals surface area contributed by atoms with Crippen molar-refractivity contribution in [1.29, 1.82) is 0 Å². The molecule has 5 rings (SSSR count). The SMILES string of the molecule is O=C(Cc1ccc2ccccc2c1)N(CC1CCCO1)c1nc2ccc(Cl)cc2s1. The molecular weight excluding hydrogens is 416 g/mol. The van der Waals surface area contributed by atoms with Crippen molar-refractivity contribution in [3.8, 4) is 0 Å². The van der Waals surface area contributed by atoms with Crippen LogP contribution < -0.4 is 4.90 Å². The lowest BCUT2D eigenvalue weighted by Crippen LogP contribution is -2.38. The Morgan fingerprint density at radius 3 is 2.83 bits per heavy atom. The molecule has 0 N–H and O–H groups in total. The van der Waals surface area contributed by atoms with Gasteiger partial charge in [0.2, 0.25) is 5.91 Å². The Hall–Kier alpha value is -2.47. The minimum absolute atomic E-state index is 0.0333. The molecule has 0 spiro atoms. The van der Waals surface area contributed by atoms with Crippen molar-refractivity contribution >= 4 is 55.0 Å². The van der Waals surface area contributed by atoms with E-state index in [1.807, 2.05) is 36.4 Å². The van der Waals surface area contributed by atoms with Gasteiger partial charge >= 0.3 is 0 Å². The highest BCUT2D eigenvalue weighted by Crippen LogP contribution is 2.32. The fourth-order valence-corrected chi connectivity index (χ4v) is 5.17. The Balaban J connectivity index is 1.45. The van der Waals surface area contributed by atoms with E-state index >= 15 is 0 Å². The number of carbonyl (C=O) groups excluding carboxylic acids is 1. The van der Waals surface area contributed by atoms with Crippen LogP contribution in [-0.2, 0) is 16.0 Å². The molecule has 1 aromatic heterocycles. The molecular formula is C24H21ClN2O2S. The molecule has 0 aliphatic carbocycles. The van der Waals surface area contributed by atoms with E-state index in [1.54, 1.807) is 4.90 Å². The molecule has 1 unspecified atom stereocenters. The van der Waals surface area contributed by atoms with Gasteiger partial charge in [0.15, 0.2) is 5.13 Å². The molecule has 1 aliphatic heterocycles. The maximum Gasteiger partial charge on any atom is 0.233 e. The van der Waals surface area contributed by atoms with Crippen LogP contribution in [-0.4, -0.2) is 30.1 Å². The third-order valence-electron chi connectivity index (χ3n) is 5.45. The largest absolute Gasteiger partial charge is 0.376 e. The lowest BCUT2D eigenvalue weighted by molar-refractivity contribution is -0.118. The Kier molecular flexibility index (Phi) is 5.42. The number of fused-ring (bicyclic) bond motifs is 2. The fourth-order valence-electron chi connectivity index (χ4n) is 3.90. The summed E-state index contributed by atoms with van der Waals surface area (Å²) >= 11 is 7.64. The number of carbonyl (C=O) groups is 1. The maximum atomic E-state index is 13.4. The zero-order valence-electron chi connectivity index (χ0n) is 16.4. The number of aromatic nitrogens is 1. The molecule has 1 amide bonds. The van der Waals surface area contributed by atoms with Crippen LogP contribution in [0, 0.1) is 0 Å². The van der Waals surface area contributed by atoms with Gasteiger partial charge in [-0.2, -0.15) is 0 Å². The minimum atomic E-state index is 0.0333. The third kappa shape index (κ3) is 4.06. The average Bonchev–Trinajstić information content (AvgIpc) is 3.41. The molecule has 30 heavy (non-hydrogen) atoms. The summed E-state index contributed by atoms with van der Waals surface area (Å²) in [7, 11) is 0. The van der Waals surface area contributed by atoms with Crippen LogP contribution in [0.3, 0.4) is 0 Å². The van der Waals surface area contributed by atoms with Crippen LogP contribution >= 0.6 is 22.9 Å². The van der Waals surface area contributed by atoms with Crippen molar-refractivity contribution in [2.45, 2.75) is 25.4 Å². The van der Waals surface area contributed by atoms with Gasteiger partial charge in [0.1, 0.15) is 0 Å². The van der Waals surface area contributed by atoms with E-state index in [0.29, 0.717) is 23.1 Å². The van der Waals surface area contributed by atoms with Gasteiger partial charge in [0.05, 0.1) is 29.3 Å². The standard InChI is InChI=1S/C24H21ClN2O2S/c25-19-9-10-21-22(14-19)30-24(26-21)27(15-20-6-3-11-29-20)23(28)13-16-7-8-17-4-1-2-5-18(17)12-16/h1-2,4-5,7-10,12,14,20H,3,6,11,13,15H2. The minimum Gasteiger partial charge on any atom is -0.376 e. The van der Waals surface area contributed by atoms with E-state index in [4.69, 9.17) is 21.3 Å². The predicted molar refractivity (Wildman–Crippen MR) is 124 cm³/mol. The molecule has 6 heteroatoms. The summed E-state index contributed by atoms with van der Waals surface area (Å²) in [6, 6.07) is 20.0. The van der Waals surface area contributed by atoms with Gasteiger partial charge < -0.3 is 4.74 Å². The van der Waals surface area contributed by atoms with Crippen molar-refractivity contribution in [3.63, 3.8) is 0 Å². The first kappa shape index (κ1) is 19.5. The summed E-state index contributed by atoms with van der Waals surface area (Å²) in [5.74, 6) is 0.0333. The van der Waals surface area contributed by atoms with Crippen molar-refractivity contribution in [2.75, 3.05) is 18.1 Å². The van der Waals surface area contributed by atoms with Crippen molar-refractivity contribution in [1.82, 2.24) is 4.98 Å². The number of halogens is 1. The highest BCUT2D eigenvalue weighted by atomic mass is 35.5. The number of nitrogens with zero attached hydrogens (tertiary/aromatic N) is 2. The number of anilines is 1. The van der Waals surface area contributed by atoms with Gasteiger partial charge in [-0.15, -0.1) is 0 Å². The summed E-state index contributed by atoms with van der Waals surface area (Å²) in [4.78, 5) is 19.9. The molecule has 0 saturated carbocycles. The molecule has 0 bridgehead atoms. The molecule has 2 heterocycles. The smallest absolute Gasteiger partial charge is 0.233 e. The summed E-state index contributed by atoms with van der Waals surface area (Å²) in [6.07, 6.45) is 2.39. The van der Waals surface area contributed by atoms with Crippen molar-refractivity contribution < 1.29 is 9.53 Å². The molecule has 1 fully saturated rings. The second-order valence-corrected chi connectivity index (χ2v) is 9.05. The van der Waals surface area contributed by atoms with E-state index in [-0.39, 0.29) is 12.0 Å². The Morgan fingerprint density at radius 1 is 1.13 bits per heavy atom. The van der Waals surface area contributed by atoms with Crippen molar-refractivity contribution in [3.05, 3.63) is 71.2 Å². The summed E-state index contributed by atoms with van der Waals surface area (Å²) in [6.45, 7) is 1.28. The van der Waals surface area contributed by atoms with Crippen molar-refractivity contribution in [2.24, 2.45) is 0 Å². The lowest BCUT2D eigenvalue weighted by atomic mass is 10.0. The monoisotopic (exact) mass is 436 g/mol. The number of rotatable bonds is 5. The zero-order valence-corrected chi connectivity index (χ0v) is 18.0. The third-order valence-corrected chi connectivity index (χ3v) is 6.73. The van der Waals surface area contributed by atoms with Crippen LogP contribution in [0.4, 0.5) is 5.13 Å². The van der Waals surface area contributed by atoms with E-state index in [2.05, 4.69) is 24.3 Å². The zero-order chi connectivity index (χ0) is 20.5. The summed E-state index contributed by atoms with van der Waals surface area (Å²) in [5, 5.41) is 3.69. The first-order valence-electron chi connectivity index (χ1n) is 10.1. The van der Waals surface area contributed by atoms with Crippen LogP contribution in [0.2, 0.25) is 5.02 Å². The molecule has 1 saturated heterocycles. The van der Waals surface area contributed by atoms with Crippen LogP contribution in [0.15, 0.2) is 60.7 Å². The highest BCUT2D eigenvalue weighted by Gasteiger charge is 2.26. The van der Waals surface area contributed by atoms with Gasteiger partial charge in [-0.25, -0.2) is 4.98 Å². The molecule has 3 aromatic carbocycles. The molecule has 1 atom stereocenters. The van der Waals surface area contributed by atoms with Gasteiger partial charge in [-0.1, -0.05) is 65.4 Å². The van der Waals surface area contributed by atoms with E-state index < -0.39 is 0 Å². The van der Waals surface area contributed by atoms with Gasteiger partial charge in [-0.3, -0.25) is 9.69 Å².